The van der Waals surface area contributed by atoms with Gasteiger partial charge in [-0.25, -0.2) is 4.39 Å². The average molecular weight is 311 g/mol. The molecule has 2 rings (SSSR count). The maximum atomic E-state index is 13.4. The van der Waals surface area contributed by atoms with Crippen LogP contribution in [0, 0.1) is 21.8 Å². The Balaban J connectivity index is 2.12. The molecule has 0 atom stereocenters. The number of nitrogens with zero attached hydrogens (tertiary/aromatic N) is 1. The van der Waals surface area contributed by atoms with Gasteiger partial charge in [0.25, 0.3) is 11.6 Å². The topological polar surface area (TPSA) is 118 Å². The lowest BCUT2D eigenvalue weighted by Crippen LogP contribution is -2.38. The molecule has 0 saturated heterocycles. The zero-order valence-corrected chi connectivity index (χ0v) is 11.9. The number of amides is 1. The van der Waals surface area contributed by atoms with Crippen molar-refractivity contribution in [1.82, 2.24) is 5.32 Å². The summed E-state index contributed by atoms with van der Waals surface area (Å²) in [5.41, 5.74) is 4.42. The van der Waals surface area contributed by atoms with Gasteiger partial charge in [-0.15, -0.1) is 0 Å². The molecule has 1 saturated carbocycles. The highest BCUT2D eigenvalue weighted by Gasteiger charge is 2.25. The predicted octanol–water partition coefficient (Wildman–Crippen LogP) is 1.60. The van der Waals surface area contributed by atoms with Crippen LogP contribution < -0.4 is 11.1 Å². The number of hydrogen-bond acceptors (Lipinski definition) is 5. The lowest BCUT2D eigenvalue weighted by atomic mass is 9.86. The lowest BCUT2D eigenvalue weighted by molar-refractivity contribution is -0.384. The monoisotopic (exact) mass is 311 g/mol. The second-order valence-electron chi connectivity index (χ2n) is 5.52. The third-order valence-corrected chi connectivity index (χ3v) is 4.00. The van der Waals surface area contributed by atoms with Gasteiger partial charge in [0.05, 0.1) is 16.6 Å². The van der Waals surface area contributed by atoms with E-state index in [0.717, 1.165) is 18.9 Å². The van der Waals surface area contributed by atoms with Crippen LogP contribution in [0.4, 0.5) is 15.8 Å². The van der Waals surface area contributed by atoms with Crippen molar-refractivity contribution in [2.75, 3.05) is 12.3 Å². The number of carbonyl (C=O) groups is 1. The molecular formula is C14H18FN3O4. The van der Waals surface area contributed by atoms with E-state index in [0.29, 0.717) is 18.9 Å². The quantitative estimate of drug-likeness (QED) is 0.443. The van der Waals surface area contributed by atoms with Crippen LogP contribution in [0.1, 0.15) is 36.0 Å². The van der Waals surface area contributed by atoms with E-state index in [2.05, 4.69) is 5.32 Å². The summed E-state index contributed by atoms with van der Waals surface area (Å²) in [6.07, 6.45) is 2.99. The molecule has 1 fully saturated rings. The van der Waals surface area contributed by atoms with Gasteiger partial charge >= 0.3 is 0 Å². The number of aliphatic hydroxyl groups is 1. The third-order valence-electron chi connectivity index (χ3n) is 4.00. The van der Waals surface area contributed by atoms with Gasteiger partial charge in [-0.2, -0.15) is 0 Å². The summed E-state index contributed by atoms with van der Waals surface area (Å²) in [5, 5.41) is 22.6. The van der Waals surface area contributed by atoms with Gasteiger partial charge in [0, 0.05) is 12.6 Å². The molecule has 1 aliphatic carbocycles. The minimum Gasteiger partial charge on any atom is -0.396 e. The van der Waals surface area contributed by atoms with Crippen molar-refractivity contribution in [2.24, 2.45) is 5.92 Å². The van der Waals surface area contributed by atoms with E-state index in [1.807, 2.05) is 0 Å². The number of anilines is 1. The standard InChI is InChI=1S/C14H18FN3O4/c15-9-5-11(13(16)12(6-9)18(21)22)14(20)17-10-3-1-8(7-19)2-4-10/h5-6,8,10,19H,1-4,7,16H2,(H,17,20). The molecule has 4 N–H and O–H groups in total. The van der Waals surface area contributed by atoms with Gasteiger partial charge < -0.3 is 16.2 Å². The number of rotatable bonds is 4. The number of halogens is 1. The third kappa shape index (κ3) is 3.51. The van der Waals surface area contributed by atoms with Crippen LogP contribution in [-0.2, 0) is 0 Å². The molecule has 22 heavy (non-hydrogen) atoms. The molecule has 1 amide bonds. The molecule has 0 aliphatic heterocycles. The van der Waals surface area contributed by atoms with Crippen LogP contribution in [0.15, 0.2) is 12.1 Å². The number of nitro benzene ring substituents is 1. The molecule has 8 heteroatoms. The number of benzene rings is 1. The van der Waals surface area contributed by atoms with Crippen molar-refractivity contribution in [1.29, 1.82) is 0 Å². The Labute approximate surface area is 126 Å². The van der Waals surface area contributed by atoms with Crippen molar-refractivity contribution in [3.63, 3.8) is 0 Å². The fraction of sp³-hybridized carbons (Fsp3) is 0.500. The fourth-order valence-corrected chi connectivity index (χ4v) is 2.70. The molecule has 0 aromatic heterocycles. The molecule has 1 aromatic rings. The minimum absolute atomic E-state index is 0.1000. The number of hydrogen-bond donors (Lipinski definition) is 3. The van der Waals surface area contributed by atoms with Crippen molar-refractivity contribution in [3.05, 3.63) is 33.6 Å². The Bertz CT molecular complexity index is 586. The molecule has 120 valence electrons. The molecule has 7 nitrogen and oxygen atoms in total. The maximum Gasteiger partial charge on any atom is 0.295 e. The number of carbonyl (C=O) groups excluding carboxylic acids is 1. The van der Waals surface area contributed by atoms with E-state index in [9.17, 15) is 19.3 Å². The number of nitrogen functional groups attached to an aromatic ring is 1. The van der Waals surface area contributed by atoms with E-state index >= 15 is 0 Å². The minimum atomic E-state index is -0.880. The summed E-state index contributed by atoms with van der Waals surface area (Å²) in [5.74, 6) is -1.25. The molecule has 1 aliphatic rings. The summed E-state index contributed by atoms with van der Waals surface area (Å²) in [6.45, 7) is 0.129. The fourth-order valence-electron chi connectivity index (χ4n) is 2.70. The van der Waals surface area contributed by atoms with Gasteiger partial charge in [0.2, 0.25) is 0 Å². The zero-order chi connectivity index (χ0) is 16.3. The van der Waals surface area contributed by atoms with Gasteiger partial charge in [-0.05, 0) is 37.7 Å². The number of aliphatic hydroxyl groups excluding tert-OH is 1. The van der Waals surface area contributed by atoms with E-state index in [4.69, 9.17) is 10.8 Å². The highest BCUT2D eigenvalue weighted by molar-refractivity contribution is 6.01. The van der Waals surface area contributed by atoms with Crippen molar-refractivity contribution >= 4 is 17.3 Å². The summed E-state index contributed by atoms with van der Waals surface area (Å²) in [4.78, 5) is 22.2. The van der Waals surface area contributed by atoms with Gasteiger partial charge in [0.15, 0.2) is 0 Å². The molecule has 0 spiro atoms. The second-order valence-corrected chi connectivity index (χ2v) is 5.52. The molecule has 0 unspecified atom stereocenters. The van der Waals surface area contributed by atoms with Crippen LogP contribution >= 0.6 is 0 Å². The summed E-state index contributed by atoms with van der Waals surface area (Å²) >= 11 is 0. The first-order valence-corrected chi connectivity index (χ1v) is 7.07. The highest BCUT2D eigenvalue weighted by Crippen LogP contribution is 2.28. The molecule has 0 radical (unpaired) electrons. The van der Waals surface area contributed by atoms with Gasteiger partial charge in [-0.1, -0.05) is 0 Å². The van der Waals surface area contributed by atoms with Crippen LogP contribution in [0.25, 0.3) is 0 Å². The number of nitrogens with two attached hydrogens (primary N) is 1. The molecule has 1 aromatic carbocycles. The van der Waals surface area contributed by atoms with Crippen LogP contribution in [0.5, 0.6) is 0 Å². The predicted molar refractivity (Wildman–Crippen MR) is 77.8 cm³/mol. The van der Waals surface area contributed by atoms with Crippen LogP contribution in [0.3, 0.4) is 0 Å². The molecule has 0 heterocycles. The molecular weight excluding hydrogens is 293 g/mol. The van der Waals surface area contributed by atoms with Crippen molar-refractivity contribution in [3.8, 4) is 0 Å². The summed E-state index contributed by atoms with van der Waals surface area (Å²) in [6, 6.07) is 1.49. The zero-order valence-electron chi connectivity index (χ0n) is 11.9. The smallest absolute Gasteiger partial charge is 0.295 e. The maximum absolute atomic E-state index is 13.4. The normalized spacial score (nSPS) is 21.4. The van der Waals surface area contributed by atoms with E-state index < -0.39 is 22.3 Å². The summed E-state index contributed by atoms with van der Waals surface area (Å²) in [7, 11) is 0. The first-order valence-electron chi connectivity index (χ1n) is 7.07. The van der Waals surface area contributed by atoms with Gasteiger partial charge in [0.1, 0.15) is 11.5 Å². The van der Waals surface area contributed by atoms with Crippen LogP contribution in [-0.4, -0.2) is 28.6 Å². The van der Waals surface area contributed by atoms with Crippen molar-refractivity contribution < 1.29 is 19.2 Å². The second kappa shape index (κ2) is 6.69. The largest absolute Gasteiger partial charge is 0.396 e. The van der Waals surface area contributed by atoms with Crippen molar-refractivity contribution in [2.45, 2.75) is 31.7 Å². The molecule has 0 bridgehead atoms. The Morgan fingerprint density at radius 1 is 1.41 bits per heavy atom. The Morgan fingerprint density at radius 2 is 2.05 bits per heavy atom. The highest BCUT2D eigenvalue weighted by atomic mass is 19.1. The van der Waals surface area contributed by atoms with Crippen LogP contribution in [0.2, 0.25) is 0 Å². The Hall–Kier alpha value is -2.22. The van der Waals surface area contributed by atoms with Gasteiger partial charge in [-0.3, -0.25) is 14.9 Å². The average Bonchev–Trinajstić information content (AvgIpc) is 2.49. The first-order chi connectivity index (χ1) is 10.4. The number of nitro groups is 1. The summed E-state index contributed by atoms with van der Waals surface area (Å²) < 4.78 is 13.4. The first kappa shape index (κ1) is 16.2. The Morgan fingerprint density at radius 3 is 2.59 bits per heavy atom. The number of nitrogens with one attached hydrogen (secondary N) is 1. The van der Waals surface area contributed by atoms with E-state index in [-0.39, 0.29) is 29.8 Å². The van der Waals surface area contributed by atoms with E-state index in [1.165, 1.54) is 0 Å². The lowest BCUT2D eigenvalue weighted by Gasteiger charge is -2.28. The SMILES string of the molecule is Nc1c(C(=O)NC2CCC(CO)CC2)cc(F)cc1[N+](=O)[O-]. The Kier molecular flexibility index (Phi) is 4.92. The van der Waals surface area contributed by atoms with E-state index in [1.54, 1.807) is 0 Å².